The summed E-state index contributed by atoms with van der Waals surface area (Å²) >= 11 is 0. The molecule has 0 radical (unpaired) electrons. The molecular weight excluding hydrogens is 461 g/mol. The van der Waals surface area contributed by atoms with Crippen molar-refractivity contribution >= 4 is 16.1 Å². The molecule has 0 spiro atoms. The first-order valence-electron chi connectivity index (χ1n) is 9.72. The number of hydrogen-bond donors (Lipinski definition) is 0. The van der Waals surface area contributed by atoms with Crippen LogP contribution >= 0.6 is 0 Å². The first kappa shape index (κ1) is 30.2. The van der Waals surface area contributed by atoms with Crippen molar-refractivity contribution in [2.75, 3.05) is 41.7 Å². The molecule has 0 aromatic carbocycles. The van der Waals surface area contributed by atoms with Gasteiger partial charge in [0, 0.05) is 0 Å². The Morgan fingerprint density at radius 1 is 0.906 bits per heavy atom. The van der Waals surface area contributed by atoms with Crippen molar-refractivity contribution in [2.24, 2.45) is 0 Å². The van der Waals surface area contributed by atoms with Crippen molar-refractivity contribution in [1.29, 1.82) is 0 Å². The van der Waals surface area contributed by atoms with Gasteiger partial charge in [0.2, 0.25) is 6.73 Å². The van der Waals surface area contributed by atoms with Crippen LogP contribution < -0.4 is 14.0 Å². The van der Waals surface area contributed by atoms with Gasteiger partial charge in [-0.25, -0.2) is 17.8 Å². The van der Waals surface area contributed by atoms with Gasteiger partial charge in [0.15, 0.2) is 10.1 Å². The number of hydrogen-bond acceptors (Lipinski definition) is 10. The Bertz CT molecular complexity index is 743. The van der Waals surface area contributed by atoms with Crippen LogP contribution in [0.15, 0.2) is 0 Å². The lowest BCUT2D eigenvalue weighted by molar-refractivity contribution is -0.311. The molecule has 0 aliphatic rings. The van der Waals surface area contributed by atoms with Gasteiger partial charge in [-0.1, -0.05) is 39.0 Å². The number of nitrogens with zero attached hydrogens (tertiary/aromatic N) is 4. The maximum Gasteiger partial charge on any atom is 0.485 e. The second-order valence-corrected chi connectivity index (χ2v) is 8.40. The second kappa shape index (κ2) is 14.4. The fourth-order valence-corrected chi connectivity index (χ4v) is 2.01. The maximum atomic E-state index is 10.7. The van der Waals surface area contributed by atoms with Gasteiger partial charge in [0.05, 0.1) is 34.9 Å². The highest BCUT2D eigenvalue weighted by Gasteiger charge is 2.36. The average molecular weight is 493 g/mol. The predicted octanol–water partition coefficient (Wildman–Crippen LogP) is 2.77. The minimum atomic E-state index is -6.09. The lowest BCUT2D eigenvalue weighted by atomic mass is 10.1. The van der Waals surface area contributed by atoms with E-state index >= 15 is 0 Å². The number of ether oxygens (including phenoxy) is 2. The molecule has 0 aliphatic carbocycles. The molecule has 1 heterocycles. The molecule has 0 unspecified atom stereocenters. The third-order valence-corrected chi connectivity index (χ3v) is 4.38. The molecule has 32 heavy (non-hydrogen) atoms. The van der Waals surface area contributed by atoms with E-state index in [0.29, 0.717) is 12.6 Å². The molecule has 0 aliphatic heterocycles. The number of halogens is 3. The van der Waals surface area contributed by atoms with E-state index in [-0.39, 0.29) is 23.2 Å². The zero-order valence-electron chi connectivity index (χ0n) is 18.8. The Morgan fingerprint density at radius 3 is 1.81 bits per heavy atom. The van der Waals surface area contributed by atoms with Crippen molar-refractivity contribution in [3.05, 3.63) is 0 Å². The summed E-state index contributed by atoms with van der Waals surface area (Å²) in [5.74, 6) is 0.474. The SMILES string of the molecule is CCCCCCCCOOC[N+](C)(C)c1nc(OC)nc(OC)n1.O=S(=O)([O-])C(F)(F)F. The van der Waals surface area contributed by atoms with E-state index in [2.05, 4.69) is 21.9 Å². The zero-order valence-corrected chi connectivity index (χ0v) is 19.7. The summed E-state index contributed by atoms with van der Waals surface area (Å²) in [5.41, 5.74) is -5.65. The van der Waals surface area contributed by atoms with Gasteiger partial charge in [-0.2, -0.15) is 18.1 Å². The van der Waals surface area contributed by atoms with E-state index in [1.165, 1.54) is 46.3 Å². The van der Waals surface area contributed by atoms with Gasteiger partial charge in [-0.05, 0) is 6.42 Å². The molecule has 0 fully saturated rings. The summed E-state index contributed by atoms with van der Waals surface area (Å²) < 4.78 is 69.3. The van der Waals surface area contributed by atoms with Crippen LogP contribution in [0.5, 0.6) is 12.0 Å². The van der Waals surface area contributed by atoms with Crippen molar-refractivity contribution in [1.82, 2.24) is 19.4 Å². The van der Waals surface area contributed by atoms with Crippen LogP contribution in [0, 0.1) is 0 Å². The van der Waals surface area contributed by atoms with Crippen LogP contribution in [-0.4, -0.2) is 75.1 Å². The van der Waals surface area contributed by atoms with E-state index in [9.17, 15) is 13.2 Å². The fraction of sp³-hybridized carbons (Fsp3) is 0.824. The standard InChI is InChI=1S/C16H31N4O4.CHF3O3S/c1-6-7-8-9-10-11-12-23-24-13-20(2,3)14-17-15(21-4)19-16(18-14)22-5;2-1(3,4)8(5,6)7/h6-13H2,1-5H3;(H,5,6,7)/q+1;/p-1. The molecule has 0 saturated carbocycles. The summed E-state index contributed by atoms with van der Waals surface area (Å²) in [6, 6.07) is 0.409. The largest absolute Gasteiger partial charge is 0.741 e. The van der Waals surface area contributed by atoms with Crippen LogP contribution in [-0.2, 0) is 19.9 Å². The number of aromatic nitrogens is 3. The molecular formula is C17H31F3N4O7S. The van der Waals surface area contributed by atoms with Gasteiger partial charge >= 0.3 is 23.5 Å². The van der Waals surface area contributed by atoms with Gasteiger partial charge < -0.3 is 14.0 Å². The first-order valence-corrected chi connectivity index (χ1v) is 11.1. The number of quaternary nitrogens is 1. The monoisotopic (exact) mass is 492 g/mol. The van der Waals surface area contributed by atoms with Gasteiger partial charge in [0.1, 0.15) is 0 Å². The molecule has 0 saturated heterocycles. The molecule has 188 valence electrons. The third-order valence-electron chi connectivity index (χ3n) is 3.81. The quantitative estimate of drug-likeness (QED) is 0.0770. The Balaban J connectivity index is 0.00000102. The summed E-state index contributed by atoms with van der Waals surface area (Å²) in [6.07, 6.45) is 7.29. The Kier molecular flexibility index (Phi) is 13.5. The third kappa shape index (κ3) is 12.3. The molecule has 0 amide bonds. The van der Waals surface area contributed by atoms with Crippen LogP contribution in [0.2, 0.25) is 0 Å². The Hall–Kier alpha value is -1.81. The lowest BCUT2D eigenvalue weighted by Crippen LogP contribution is -2.44. The van der Waals surface area contributed by atoms with Crippen molar-refractivity contribution in [3.63, 3.8) is 0 Å². The normalized spacial score (nSPS) is 12.2. The average Bonchev–Trinajstić information content (AvgIpc) is 2.71. The van der Waals surface area contributed by atoms with E-state index in [4.69, 9.17) is 32.2 Å². The molecule has 0 bridgehead atoms. The zero-order chi connectivity index (χ0) is 24.8. The minimum absolute atomic E-state index is 0.205. The highest BCUT2D eigenvalue weighted by molar-refractivity contribution is 7.86. The van der Waals surface area contributed by atoms with Crippen LogP contribution in [0.3, 0.4) is 0 Å². The molecule has 1 rings (SSSR count). The van der Waals surface area contributed by atoms with Crippen LogP contribution in [0.4, 0.5) is 19.1 Å². The minimum Gasteiger partial charge on any atom is -0.741 e. The van der Waals surface area contributed by atoms with Crippen LogP contribution in [0.25, 0.3) is 0 Å². The highest BCUT2D eigenvalue weighted by atomic mass is 32.2. The highest BCUT2D eigenvalue weighted by Crippen LogP contribution is 2.20. The van der Waals surface area contributed by atoms with Gasteiger partial charge in [-0.15, -0.1) is 15.0 Å². The topological polar surface area (TPSA) is 133 Å². The Labute approximate surface area is 186 Å². The first-order chi connectivity index (χ1) is 14.8. The molecule has 0 N–H and O–H groups in total. The number of rotatable bonds is 13. The summed E-state index contributed by atoms with van der Waals surface area (Å²) in [7, 11) is 0.717. The van der Waals surface area contributed by atoms with E-state index in [1.54, 1.807) is 0 Å². The van der Waals surface area contributed by atoms with Crippen LogP contribution in [0.1, 0.15) is 45.4 Å². The van der Waals surface area contributed by atoms with E-state index in [0.717, 1.165) is 6.42 Å². The lowest BCUT2D eigenvalue weighted by Gasteiger charge is -2.25. The molecule has 15 heteroatoms. The van der Waals surface area contributed by atoms with Gasteiger partial charge in [-0.3, -0.25) is 0 Å². The number of alkyl halides is 3. The van der Waals surface area contributed by atoms with Crippen molar-refractivity contribution in [2.45, 2.75) is 51.0 Å². The number of methoxy groups -OCH3 is 2. The van der Waals surface area contributed by atoms with Gasteiger partial charge in [0.25, 0.3) is 0 Å². The fourth-order valence-electron chi connectivity index (χ4n) is 2.01. The molecule has 1 aromatic heterocycles. The molecule has 1 aromatic rings. The Morgan fingerprint density at radius 2 is 1.38 bits per heavy atom. The summed E-state index contributed by atoms with van der Waals surface area (Å²) in [6.45, 7) is 3.08. The maximum absolute atomic E-state index is 10.7. The summed E-state index contributed by atoms with van der Waals surface area (Å²) in [5, 5.41) is 0. The van der Waals surface area contributed by atoms with Crippen molar-refractivity contribution < 1.29 is 45.4 Å². The smallest absolute Gasteiger partial charge is 0.485 e. The predicted molar refractivity (Wildman–Crippen MR) is 108 cm³/mol. The van der Waals surface area contributed by atoms with Crippen molar-refractivity contribution in [3.8, 4) is 12.0 Å². The summed E-state index contributed by atoms with van der Waals surface area (Å²) in [4.78, 5) is 23.0. The molecule has 11 nitrogen and oxygen atoms in total. The number of unbranched alkanes of at least 4 members (excludes halogenated alkanes) is 5. The van der Waals surface area contributed by atoms with E-state index < -0.39 is 15.6 Å². The molecule has 0 atom stereocenters. The van der Waals surface area contributed by atoms with E-state index in [1.807, 2.05) is 14.1 Å². The second-order valence-electron chi connectivity index (χ2n) is 7.03.